The first-order valence-electron chi connectivity index (χ1n) is 8.12. The molecule has 3 rings (SSSR count). The van der Waals surface area contributed by atoms with E-state index in [2.05, 4.69) is 10.5 Å². The fraction of sp³-hybridized carbons (Fsp3) is 0.211. The molecule has 1 aliphatic rings. The molecule has 2 unspecified atom stereocenters. The topological polar surface area (TPSA) is 95.9 Å². The number of carbonyl (C=O) groups is 3. The van der Waals surface area contributed by atoms with Crippen molar-refractivity contribution in [1.82, 2.24) is 10.2 Å². The Balaban J connectivity index is 1.99. The van der Waals surface area contributed by atoms with Crippen molar-refractivity contribution < 1.29 is 14.4 Å². The van der Waals surface area contributed by atoms with E-state index in [1.165, 1.54) is 0 Å². The molecule has 0 bridgehead atoms. The molecule has 1 fully saturated rings. The van der Waals surface area contributed by atoms with Crippen molar-refractivity contribution in [2.45, 2.75) is 24.9 Å². The molecule has 7 nitrogen and oxygen atoms in total. The predicted octanol–water partition coefficient (Wildman–Crippen LogP) is 2.57. The first-order valence-corrected chi connectivity index (χ1v) is 8.12. The van der Waals surface area contributed by atoms with Gasteiger partial charge in [-0.25, -0.2) is 4.79 Å². The van der Waals surface area contributed by atoms with Crippen molar-refractivity contribution in [3.63, 3.8) is 0 Å². The molecule has 0 aromatic heterocycles. The zero-order valence-corrected chi connectivity index (χ0v) is 14.1. The summed E-state index contributed by atoms with van der Waals surface area (Å²) in [6.07, 6.45) is -0.138. The highest BCUT2D eigenvalue weighted by Gasteiger charge is 2.58. The zero-order chi connectivity index (χ0) is 18.7. The molecule has 7 heteroatoms. The van der Waals surface area contributed by atoms with Gasteiger partial charge >= 0.3 is 11.9 Å². The fourth-order valence-electron chi connectivity index (χ4n) is 3.15. The van der Waals surface area contributed by atoms with E-state index in [9.17, 15) is 19.3 Å². The summed E-state index contributed by atoms with van der Waals surface area (Å²) >= 11 is 0. The minimum absolute atomic E-state index is 0.138. The van der Waals surface area contributed by atoms with Crippen LogP contribution in [0, 0.1) is 4.91 Å². The second-order valence-corrected chi connectivity index (χ2v) is 6.16. The lowest BCUT2D eigenvalue weighted by atomic mass is 9.89. The molecule has 0 aliphatic carbocycles. The van der Waals surface area contributed by atoms with E-state index < -0.39 is 29.4 Å². The first-order chi connectivity index (χ1) is 12.5. The van der Waals surface area contributed by atoms with Crippen LogP contribution in [0.5, 0.6) is 0 Å². The number of imide groups is 1. The molecule has 2 aromatic rings. The third-order valence-electron chi connectivity index (χ3n) is 4.55. The monoisotopic (exact) mass is 351 g/mol. The number of carbonyl (C=O) groups excluding carboxylic acids is 3. The Morgan fingerprint density at radius 2 is 1.65 bits per heavy atom. The lowest BCUT2D eigenvalue weighted by molar-refractivity contribution is -0.139. The van der Waals surface area contributed by atoms with Crippen LogP contribution in [0.15, 0.2) is 65.8 Å². The smallest absolute Gasteiger partial charge is 0.315 e. The van der Waals surface area contributed by atoms with Gasteiger partial charge in [0.2, 0.25) is 5.54 Å². The molecule has 2 atom stereocenters. The molecule has 1 heterocycles. The van der Waals surface area contributed by atoms with Crippen molar-refractivity contribution in [3.05, 3.63) is 76.7 Å². The van der Waals surface area contributed by atoms with E-state index in [0.717, 1.165) is 10.5 Å². The summed E-state index contributed by atoms with van der Waals surface area (Å²) in [6.45, 7) is 1.68. The van der Waals surface area contributed by atoms with Gasteiger partial charge in [-0.05, 0) is 18.1 Å². The van der Waals surface area contributed by atoms with Gasteiger partial charge in [-0.1, -0.05) is 60.7 Å². The van der Waals surface area contributed by atoms with E-state index in [4.69, 9.17) is 0 Å². The second kappa shape index (κ2) is 6.87. The maximum atomic E-state index is 13.1. The van der Waals surface area contributed by atoms with Gasteiger partial charge in [-0.15, -0.1) is 4.91 Å². The number of nitrogens with zero attached hydrogens (tertiary/aromatic N) is 2. The molecule has 1 aliphatic heterocycles. The highest BCUT2D eigenvalue weighted by Crippen LogP contribution is 2.31. The number of nitrogens with one attached hydrogen (secondary N) is 1. The lowest BCUT2D eigenvalue weighted by Crippen LogP contribution is -2.55. The molecule has 1 saturated heterocycles. The third-order valence-corrected chi connectivity index (χ3v) is 4.55. The summed E-state index contributed by atoms with van der Waals surface area (Å²) in [6, 6.07) is 16.3. The van der Waals surface area contributed by atoms with E-state index in [-0.39, 0.29) is 6.42 Å². The van der Waals surface area contributed by atoms with Crippen LogP contribution < -0.4 is 5.32 Å². The number of urea groups is 1. The Hall–Kier alpha value is -3.35. The van der Waals surface area contributed by atoms with Crippen LogP contribution in [0.1, 0.15) is 24.1 Å². The van der Waals surface area contributed by atoms with Crippen molar-refractivity contribution in [2.24, 2.45) is 5.18 Å². The van der Waals surface area contributed by atoms with Crippen LogP contribution in [0.2, 0.25) is 0 Å². The normalized spacial score (nSPS) is 20.6. The van der Waals surface area contributed by atoms with E-state index in [0.29, 0.717) is 5.56 Å². The molecule has 1 N–H and O–H groups in total. The number of rotatable bonds is 5. The Morgan fingerprint density at radius 1 is 1.08 bits per heavy atom. The standard InChI is InChI=1S/C19H17N3O4/c1-13(15-10-6-3-7-11-15)22-17(24)19(16(23)21-26,20-18(22)25)12-14-8-4-2-5-9-14/h2-11,13H,12H2,1H3,(H,20,25). The van der Waals surface area contributed by atoms with Crippen molar-refractivity contribution in [1.29, 1.82) is 0 Å². The molecule has 4 amide bonds. The van der Waals surface area contributed by atoms with Crippen molar-refractivity contribution in [3.8, 4) is 0 Å². The number of benzene rings is 2. The summed E-state index contributed by atoms with van der Waals surface area (Å²) in [7, 11) is 0. The summed E-state index contributed by atoms with van der Waals surface area (Å²) in [5.41, 5.74) is -0.645. The van der Waals surface area contributed by atoms with Gasteiger partial charge in [0.25, 0.3) is 5.91 Å². The van der Waals surface area contributed by atoms with Crippen LogP contribution in [-0.4, -0.2) is 28.3 Å². The van der Waals surface area contributed by atoms with E-state index in [1.807, 2.05) is 6.07 Å². The van der Waals surface area contributed by atoms with Gasteiger partial charge in [-0.3, -0.25) is 14.5 Å². The maximum Gasteiger partial charge on any atom is 0.326 e. The number of nitroso groups, excluding NO2 is 1. The van der Waals surface area contributed by atoms with Gasteiger partial charge in [0.05, 0.1) is 6.04 Å². The summed E-state index contributed by atoms with van der Waals surface area (Å²) in [5, 5.41) is 4.85. The second-order valence-electron chi connectivity index (χ2n) is 6.16. The van der Waals surface area contributed by atoms with Crippen LogP contribution in [-0.2, 0) is 16.0 Å². The Morgan fingerprint density at radius 3 is 2.23 bits per heavy atom. The van der Waals surface area contributed by atoms with E-state index in [1.54, 1.807) is 61.5 Å². The van der Waals surface area contributed by atoms with Crippen LogP contribution in [0.4, 0.5) is 4.79 Å². The predicted molar refractivity (Wildman–Crippen MR) is 93.9 cm³/mol. The third kappa shape index (κ3) is 2.88. The molecular weight excluding hydrogens is 334 g/mol. The van der Waals surface area contributed by atoms with Crippen LogP contribution in [0.25, 0.3) is 0 Å². The summed E-state index contributed by atoms with van der Waals surface area (Å²) in [5.74, 6) is -1.98. The highest BCUT2D eigenvalue weighted by molar-refractivity contribution is 6.20. The maximum absolute atomic E-state index is 13.1. The van der Waals surface area contributed by atoms with Gasteiger partial charge in [0.15, 0.2) is 0 Å². The molecular formula is C19H17N3O4. The first kappa shape index (κ1) is 17.5. The average Bonchev–Trinajstić information content (AvgIpc) is 2.92. The fourth-order valence-corrected chi connectivity index (χ4v) is 3.15. The largest absolute Gasteiger partial charge is 0.326 e. The Labute approximate surface area is 150 Å². The molecule has 0 radical (unpaired) electrons. The molecule has 0 saturated carbocycles. The van der Waals surface area contributed by atoms with Gasteiger partial charge < -0.3 is 5.32 Å². The molecule has 132 valence electrons. The lowest BCUT2D eigenvalue weighted by Gasteiger charge is -2.25. The minimum atomic E-state index is -2.01. The van der Waals surface area contributed by atoms with Crippen molar-refractivity contribution >= 4 is 17.8 Å². The van der Waals surface area contributed by atoms with Crippen molar-refractivity contribution in [2.75, 3.05) is 0 Å². The van der Waals surface area contributed by atoms with Crippen LogP contribution >= 0.6 is 0 Å². The number of hydrogen-bond acceptors (Lipinski definition) is 4. The van der Waals surface area contributed by atoms with Crippen LogP contribution in [0.3, 0.4) is 0 Å². The van der Waals surface area contributed by atoms with Gasteiger partial charge in [-0.2, -0.15) is 0 Å². The SMILES string of the molecule is CC(c1ccccc1)N1C(=O)NC(Cc2ccccc2)(C(=O)N=O)C1=O. The van der Waals surface area contributed by atoms with Gasteiger partial charge in [0.1, 0.15) is 0 Å². The molecule has 2 aromatic carbocycles. The Bertz CT molecular complexity index is 854. The average molecular weight is 351 g/mol. The highest BCUT2D eigenvalue weighted by atomic mass is 16.3. The van der Waals surface area contributed by atoms with Gasteiger partial charge in [0, 0.05) is 11.6 Å². The number of hydrogen-bond donors (Lipinski definition) is 1. The minimum Gasteiger partial charge on any atom is -0.315 e. The zero-order valence-electron chi connectivity index (χ0n) is 14.1. The molecule has 0 spiro atoms. The Kier molecular flexibility index (Phi) is 4.62. The molecule has 26 heavy (non-hydrogen) atoms. The summed E-state index contributed by atoms with van der Waals surface area (Å²) in [4.78, 5) is 49.8. The quantitative estimate of drug-likeness (QED) is 0.509. The summed E-state index contributed by atoms with van der Waals surface area (Å²) < 4.78 is 0. The number of amides is 4. The van der Waals surface area contributed by atoms with E-state index >= 15 is 0 Å².